The second-order valence-corrected chi connectivity index (χ2v) is 6.36. The van der Waals surface area contributed by atoms with Crippen molar-refractivity contribution in [3.8, 4) is 0 Å². The molecule has 0 rings (SSSR count). The van der Waals surface area contributed by atoms with Crippen molar-refractivity contribution in [1.29, 1.82) is 0 Å². The van der Waals surface area contributed by atoms with Crippen molar-refractivity contribution in [2.24, 2.45) is 0 Å². The van der Waals surface area contributed by atoms with E-state index in [1.807, 2.05) is 0 Å². The van der Waals surface area contributed by atoms with Crippen molar-refractivity contribution in [2.75, 3.05) is 0 Å². The fraction of sp³-hybridized carbons (Fsp3) is 0.842. The number of carbonyl (C=O) groups excluding carboxylic acids is 1. The Morgan fingerprint density at radius 3 is 1.48 bits per heavy atom. The molecule has 0 aliphatic heterocycles. The van der Waals surface area contributed by atoms with E-state index in [0.717, 1.165) is 6.42 Å². The Morgan fingerprint density at radius 1 is 0.714 bits per heavy atom. The van der Waals surface area contributed by atoms with Crippen LogP contribution in [0.1, 0.15) is 103 Å². The molecule has 124 valence electrons. The van der Waals surface area contributed by atoms with E-state index in [2.05, 4.69) is 6.92 Å². The third kappa shape index (κ3) is 17.6. The van der Waals surface area contributed by atoms with E-state index in [4.69, 9.17) is 11.6 Å². The Balaban J connectivity index is 3.04. The van der Waals surface area contributed by atoms with E-state index in [1.54, 1.807) is 0 Å². The molecule has 0 bridgehead atoms. The highest BCUT2D eigenvalue weighted by atomic mass is 35.5. The smallest absolute Gasteiger partial charge is 0.156 e. The Labute approximate surface area is 137 Å². The van der Waals surface area contributed by atoms with Gasteiger partial charge in [0, 0.05) is 12.0 Å². The summed E-state index contributed by atoms with van der Waals surface area (Å²) in [5.74, 6) is 0.156. The summed E-state index contributed by atoms with van der Waals surface area (Å²) in [4.78, 5) is 11.2. The minimum Gasteiger partial charge on any atom is -0.295 e. The summed E-state index contributed by atoms with van der Waals surface area (Å²) in [6.45, 7) is 2.27. The van der Waals surface area contributed by atoms with Crippen LogP contribution in [-0.2, 0) is 4.79 Å². The number of carbonyl (C=O) groups is 1. The molecule has 0 heterocycles. The standard InChI is InChI=1S/C19H35ClO/c1-2-3-4-5-6-7-8-9-10-11-12-13-14-15-16-19(21)17-18-20/h17-18H,2-16H2,1H3/b18-17+. The molecule has 0 aromatic rings. The van der Waals surface area contributed by atoms with Crippen molar-refractivity contribution >= 4 is 17.4 Å². The molecule has 0 spiro atoms. The van der Waals surface area contributed by atoms with E-state index in [1.165, 1.54) is 95.1 Å². The lowest BCUT2D eigenvalue weighted by Gasteiger charge is -2.03. The molecule has 21 heavy (non-hydrogen) atoms. The van der Waals surface area contributed by atoms with E-state index in [-0.39, 0.29) is 5.78 Å². The van der Waals surface area contributed by atoms with Gasteiger partial charge in [0.15, 0.2) is 5.78 Å². The van der Waals surface area contributed by atoms with Crippen LogP contribution in [0.4, 0.5) is 0 Å². The number of unbranched alkanes of at least 4 members (excludes halogenated alkanes) is 13. The monoisotopic (exact) mass is 314 g/mol. The predicted molar refractivity (Wildman–Crippen MR) is 94.9 cm³/mol. The SMILES string of the molecule is CCCCCCCCCCCCCCCCC(=O)/C=C/Cl. The largest absolute Gasteiger partial charge is 0.295 e. The molecule has 0 fully saturated rings. The molecule has 0 N–H and O–H groups in total. The maximum atomic E-state index is 11.2. The molecule has 0 atom stereocenters. The number of rotatable bonds is 16. The highest BCUT2D eigenvalue weighted by molar-refractivity contribution is 6.26. The van der Waals surface area contributed by atoms with Crippen LogP contribution in [-0.4, -0.2) is 5.78 Å². The van der Waals surface area contributed by atoms with E-state index >= 15 is 0 Å². The lowest BCUT2D eigenvalue weighted by Crippen LogP contribution is -1.91. The van der Waals surface area contributed by atoms with E-state index < -0.39 is 0 Å². The van der Waals surface area contributed by atoms with Gasteiger partial charge in [-0.3, -0.25) is 4.79 Å². The van der Waals surface area contributed by atoms with Gasteiger partial charge in [-0.1, -0.05) is 102 Å². The van der Waals surface area contributed by atoms with Gasteiger partial charge >= 0.3 is 0 Å². The lowest BCUT2D eigenvalue weighted by molar-refractivity contribution is -0.114. The average Bonchev–Trinajstić information content (AvgIpc) is 2.48. The van der Waals surface area contributed by atoms with Gasteiger partial charge in [0.05, 0.1) is 0 Å². The van der Waals surface area contributed by atoms with E-state index in [9.17, 15) is 4.79 Å². The summed E-state index contributed by atoms with van der Waals surface area (Å²) in [5, 5.41) is 0. The highest BCUT2D eigenvalue weighted by Gasteiger charge is 1.97. The quantitative estimate of drug-likeness (QED) is 0.218. The minimum absolute atomic E-state index is 0.156. The first-order chi connectivity index (χ1) is 10.3. The predicted octanol–water partition coefficient (Wildman–Crippen LogP) is 7.18. The molecule has 0 unspecified atom stereocenters. The van der Waals surface area contributed by atoms with Crippen LogP contribution in [0, 0.1) is 0 Å². The Kier molecular flexibility index (Phi) is 17.5. The maximum Gasteiger partial charge on any atom is 0.156 e. The summed E-state index contributed by atoms with van der Waals surface area (Å²) in [5.41, 5.74) is 1.31. The van der Waals surface area contributed by atoms with E-state index in [0.29, 0.717) is 6.42 Å². The number of ketones is 1. The van der Waals surface area contributed by atoms with Gasteiger partial charge in [0.2, 0.25) is 0 Å². The van der Waals surface area contributed by atoms with Gasteiger partial charge in [-0.15, -0.1) is 0 Å². The summed E-state index contributed by atoms with van der Waals surface area (Å²) < 4.78 is 0. The zero-order chi connectivity index (χ0) is 15.6. The van der Waals surface area contributed by atoms with Crippen molar-refractivity contribution in [2.45, 2.75) is 103 Å². The highest BCUT2D eigenvalue weighted by Crippen LogP contribution is 2.13. The van der Waals surface area contributed by atoms with Crippen LogP contribution in [0.2, 0.25) is 0 Å². The average molecular weight is 315 g/mol. The van der Waals surface area contributed by atoms with Gasteiger partial charge in [-0.05, 0) is 12.5 Å². The number of hydrogen-bond donors (Lipinski definition) is 0. The zero-order valence-electron chi connectivity index (χ0n) is 14.0. The molecule has 0 aliphatic rings. The first kappa shape index (κ1) is 20.7. The minimum atomic E-state index is 0.156. The lowest BCUT2D eigenvalue weighted by atomic mass is 10.0. The number of hydrogen-bond acceptors (Lipinski definition) is 1. The fourth-order valence-electron chi connectivity index (χ4n) is 2.65. The molecular formula is C19H35ClO. The van der Waals surface area contributed by atoms with Crippen LogP contribution in [0.15, 0.2) is 11.6 Å². The van der Waals surface area contributed by atoms with Gasteiger partial charge in [-0.2, -0.15) is 0 Å². The van der Waals surface area contributed by atoms with Crippen LogP contribution < -0.4 is 0 Å². The van der Waals surface area contributed by atoms with Crippen molar-refractivity contribution in [3.63, 3.8) is 0 Å². The summed E-state index contributed by atoms with van der Waals surface area (Å²) in [6.07, 6.45) is 21.0. The second kappa shape index (κ2) is 17.8. The third-order valence-corrected chi connectivity index (χ3v) is 4.15. The van der Waals surface area contributed by atoms with Crippen molar-refractivity contribution < 1.29 is 4.79 Å². The normalized spacial score (nSPS) is 11.3. The number of halogens is 1. The van der Waals surface area contributed by atoms with Crippen LogP contribution >= 0.6 is 11.6 Å². The fourth-order valence-corrected chi connectivity index (χ4v) is 2.79. The Bertz CT molecular complexity index is 248. The zero-order valence-corrected chi connectivity index (χ0v) is 14.8. The molecular weight excluding hydrogens is 280 g/mol. The second-order valence-electron chi connectivity index (χ2n) is 6.11. The Hall–Kier alpha value is -0.300. The number of allylic oxidation sites excluding steroid dienone is 1. The van der Waals surface area contributed by atoms with Crippen molar-refractivity contribution in [3.05, 3.63) is 11.6 Å². The van der Waals surface area contributed by atoms with Crippen LogP contribution in [0.5, 0.6) is 0 Å². The van der Waals surface area contributed by atoms with Gasteiger partial charge in [-0.25, -0.2) is 0 Å². The third-order valence-electron chi connectivity index (χ3n) is 4.03. The topological polar surface area (TPSA) is 17.1 Å². The summed E-state index contributed by atoms with van der Waals surface area (Å²) in [6, 6.07) is 0. The Morgan fingerprint density at radius 2 is 1.10 bits per heavy atom. The molecule has 0 amide bonds. The molecule has 0 radical (unpaired) electrons. The molecule has 0 aromatic heterocycles. The maximum absolute atomic E-state index is 11.2. The molecule has 0 aliphatic carbocycles. The summed E-state index contributed by atoms with van der Waals surface area (Å²) >= 11 is 5.36. The molecule has 2 heteroatoms. The van der Waals surface area contributed by atoms with Gasteiger partial charge < -0.3 is 0 Å². The molecule has 0 aromatic carbocycles. The van der Waals surface area contributed by atoms with Crippen molar-refractivity contribution in [1.82, 2.24) is 0 Å². The first-order valence-corrected chi connectivity index (χ1v) is 9.54. The first-order valence-electron chi connectivity index (χ1n) is 9.11. The molecule has 1 nitrogen and oxygen atoms in total. The molecule has 0 saturated heterocycles. The van der Waals surface area contributed by atoms with Crippen LogP contribution in [0.25, 0.3) is 0 Å². The van der Waals surface area contributed by atoms with Crippen LogP contribution in [0.3, 0.4) is 0 Å². The van der Waals surface area contributed by atoms with Gasteiger partial charge in [0.1, 0.15) is 0 Å². The molecule has 0 saturated carbocycles. The summed E-state index contributed by atoms with van der Waals surface area (Å²) in [7, 11) is 0. The van der Waals surface area contributed by atoms with Gasteiger partial charge in [0.25, 0.3) is 0 Å².